The Morgan fingerprint density at radius 3 is 1.25 bits per heavy atom. The second kappa shape index (κ2) is 23.3. The molecule has 0 bridgehead atoms. The Kier molecular flexibility index (Phi) is 13.3. The number of allylic oxidation sites excluding steroid dienone is 2. The summed E-state index contributed by atoms with van der Waals surface area (Å²) in [6.45, 7) is 0. The minimum Gasteiger partial charge on any atom is -0.333 e. The van der Waals surface area contributed by atoms with Crippen LogP contribution in [0.5, 0.6) is 0 Å². The molecule has 1 aliphatic carbocycles. The van der Waals surface area contributed by atoms with Gasteiger partial charge in [0.25, 0.3) is 0 Å². The van der Waals surface area contributed by atoms with Crippen molar-refractivity contribution in [1.82, 2.24) is 18.7 Å². The van der Waals surface area contributed by atoms with E-state index in [2.05, 4.69) is 382 Å². The summed E-state index contributed by atoms with van der Waals surface area (Å²) >= 11 is 0. The smallest absolute Gasteiger partial charge is 0.0629 e. The van der Waals surface area contributed by atoms with Gasteiger partial charge in [-0.05, 0) is 192 Å². The summed E-state index contributed by atoms with van der Waals surface area (Å²) < 4.78 is 7.19. The molecule has 0 N–H and O–H groups in total. The molecule has 0 amide bonds. The fraction of sp³-hybridized carbons (Fsp3) is 0.0211. The van der Waals surface area contributed by atoms with E-state index >= 15 is 0 Å². The van der Waals surface area contributed by atoms with Crippen LogP contribution in [-0.2, 0) is 0 Å². The Labute approximate surface area is 578 Å². The van der Waals surface area contributed by atoms with Gasteiger partial charge in [-0.15, -0.1) is 0 Å². The number of hydrogen-bond donors (Lipinski definition) is 0. The van der Waals surface area contributed by atoms with E-state index in [1.807, 2.05) is 12.4 Å². The average Bonchev–Trinajstić information content (AvgIpc) is 1.38. The van der Waals surface area contributed by atoms with E-state index in [0.29, 0.717) is 5.92 Å². The van der Waals surface area contributed by atoms with E-state index in [0.717, 1.165) is 5.69 Å². The second-order valence-corrected chi connectivity index (χ2v) is 26.5. The monoisotopic (exact) mass is 1270 g/mol. The highest BCUT2D eigenvalue weighted by Gasteiger charge is 2.38. The van der Waals surface area contributed by atoms with Crippen LogP contribution in [0.1, 0.15) is 11.5 Å². The number of pyridine rings is 1. The van der Waals surface area contributed by atoms with Crippen molar-refractivity contribution in [2.45, 2.75) is 12.0 Å². The van der Waals surface area contributed by atoms with E-state index < -0.39 is 0 Å². The molecule has 5 heteroatoms. The minimum atomic E-state index is 0.241. The van der Waals surface area contributed by atoms with Crippen LogP contribution in [0.3, 0.4) is 0 Å². The topological polar surface area (TPSA) is 30.9 Å². The van der Waals surface area contributed by atoms with Crippen LogP contribution in [0.25, 0.3) is 159 Å². The van der Waals surface area contributed by atoms with Crippen molar-refractivity contribution in [2.24, 2.45) is 0 Å². The summed E-state index contributed by atoms with van der Waals surface area (Å²) in [5.74, 6) is 0.292. The molecule has 0 saturated heterocycles. The summed E-state index contributed by atoms with van der Waals surface area (Å²) in [6, 6.07) is 122. The van der Waals surface area contributed by atoms with Crippen LogP contribution in [0.4, 0.5) is 11.4 Å². The van der Waals surface area contributed by atoms with Crippen LogP contribution in [-0.4, -0.2) is 24.7 Å². The van der Waals surface area contributed by atoms with Crippen LogP contribution < -0.4 is 4.90 Å². The van der Waals surface area contributed by atoms with Gasteiger partial charge in [0.15, 0.2) is 0 Å². The molecule has 100 heavy (non-hydrogen) atoms. The summed E-state index contributed by atoms with van der Waals surface area (Å²) in [6.07, 6.45) is 12.9. The molecule has 1 aliphatic heterocycles. The number of para-hydroxylation sites is 3. The van der Waals surface area contributed by atoms with Crippen LogP contribution in [0, 0.1) is 0 Å². The molecule has 15 aromatic carbocycles. The highest BCUT2D eigenvalue weighted by Crippen LogP contribution is 2.50. The molecule has 468 valence electrons. The van der Waals surface area contributed by atoms with Crippen LogP contribution >= 0.6 is 0 Å². The molecule has 5 nitrogen and oxygen atoms in total. The summed E-state index contributed by atoms with van der Waals surface area (Å²) in [5, 5.41) is 15.2. The van der Waals surface area contributed by atoms with Crippen molar-refractivity contribution in [3.63, 3.8) is 0 Å². The Morgan fingerprint density at radius 1 is 0.220 bits per heavy atom. The molecule has 0 spiro atoms. The van der Waals surface area contributed by atoms with Gasteiger partial charge in [-0.2, -0.15) is 0 Å². The maximum Gasteiger partial charge on any atom is 0.0629 e. The third-order valence-electron chi connectivity index (χ3n) is 21.1. The lowest BCUT2D eigenvalue weighted by atomic mass is 9.89. The third-order valence-corrected chi connectivity index (χ3v) is 21.1. The van der Waals surface area contributed by atoms with Gasteiger partial charge in [-0.3, -0.25) is 4.98 Å². The Balaban J connectivity index is 0.000000135. The van der Waals surface area contributed by atoms with Crippen molar-refractivity contribution in [3.05, 3.63) is 376 Å². The second-order valence-electron chi connectivity index (χ2n) is 26.5. The van der Waals surface area contributed by atoms with Gasteiger partial charge in [0.1, 0.15) is 0 Å². The first-order valence-electron chi connectivity index (χ1n) is 34.6. The maximum absolute atomic E-state index is 4.28. The van der Waals surface area contributed by atoms with Gasteiger partial charge in [-0.25, -0.2) is 0 Å². The van der Waals surface area contributed by atoms with Crippen molar-refractivity contribution in [3.8, 4) is 61.6 Å². The van der Waals surface area contributed by atoms with Crippen LogP contribution in [0.2, 0.25) is 0 Å². The number of rotatable bonds is 8. The maximum atomic E-state index is 4.28. The molecule has 2 unspecified atom stereocenters. The molecule has 2 atom stereocenters. The Hall–Kier alpha value is -13.1. The molecule has 19 aromatic rings. The zero-order valence-corrected chi connectivity index (χ0v) is 54.6. The molecule has 4 aromatic heterocycles. The molecule has 5 heterocycles. The Bertz CT molecular complexity index is 6490. The zero-order valence-electron chi connectivity index (χ0n) is 54.6. The molecular formula is C95H63N5. The fourth-order valence-corrected chi connectivity index (χ4v) is 16.5. The van der Waals surface area contributed by atoms with Crippen molar-refractivity contribution >= 4 is 109 Å². The minimum absolute atomic E-state index is 0.241. The first kappa shape index (κ1) is 57.2. The van der Waals surface area contributed by atoms with E-state index in [4.69, 9.17) is 0 Å². The molecule has 0 saturated carbocycles. The lowest BCUT2D eigenvalue weighted by Gasteiger charge is -2.29. The van der Waals surface area contributed by atoms with Gasteiger partial charge in [-0.1, -0.05) is 249 Å². The lowest BCUT2D eigenvalue weighted by Crippen LogP contribution is -2.28. The van der Waals surface area contributed by atoms with E-state index in [1.165, 1.54) is 171 Å². The third kappa shape index (κ3) is 9.27. The highest BCUT2D eigenvalue weighted by atomic mass is 15.2. The first-order chi connectivity index (χ1) is 49.6. The number of anilines is 2. The average molecular weight is 1270 g/mol. The Morgan fingerprint density at radius 2 is 0.620 bits per heavy atom. The van der Waals surface area contributed by atoms with Gasteiger partial charge in [0.2, 0.25) is 0 Å². The van der Waals surface area contributed by atoms with E-state index in [9.17, 15) is 0 Å². The molecular weight excluding hydrogens is 1210 g/mol. The normalized spacial score (nSPS) is 14.1. The van der Waals surface area contributed by atoms with Gasteiger partial charge in [0, 0.05) is 79.1 Å². The predicted molar refractivity (Wildman–Crippen MR) is 421 cm³/mol. The number of benzene rings is 15. The van der Waals surface area contributed by atoms with Gasteiger partial charge in [0.05, 0.1) is 39.1 Å². The zero-order chi connectivity index (χ0) is 65.8. The molecule has 21 rings (SSSR count). The fourth-order valence-electron chi connectivity index (χ4n) is 16.5. The van der Waals surface area contributed by atoms with E-state index in [-0.39, 0.29) is 6.04 Å². The summed E-state index contributed by atoms with van der Waals surface area (Å²) in [4.78, 5) is 6.81. The lowest BCUT2D eigenvalue weighted by molar-refractivity contribution is 0.745. The number of fused-ring (bicyclic) bond motifs is 18. The first-order valence-corrected chi connectivity index (χ1v) is 34.6. The van der Waals surface area contributed by atoms with Crippen molar-refractivity contribution in [1.29, 1.82) is 0 Å². The molecule has 0 fully saturated rings. The van der Waals surface area contributed by atoms with E-state index in [1.54, 1.807) is 0 Å². The number of hydrogen-bond acceptors (Lipinski definition) is 2. The number of nitrogens with zero attached hydrogens (tertiary/aromatic N) is 5. The summed E-state index contributed by atoms with van der Waals surface area (Å²) in [5.41, 5.74) is 24.3. The SMILES string of the molecule is C1=CC2c3cc(-c4ccc5c(c4)c4ccccc4n5-c4ccc(-c5ccccc5)cc4)ccc3N(c3cccc(-c4ccccc4)c3)C2C=C1.c1ccc2c(c1)c1ccccc1c1cc(-n3c4ccccc4c4cc(-c5ccc6c7ccccc7n(-c7ccncc7)c6c5)ccc43)ccc21. The van der Waals surface area contributed by atoms with Gasteiger partial charge >= 0.3 is 0 Å². The standard InChI is InChI=1S/C48H34N2.C47H29N3/c1-3-12-33(13-4-1)35-22-26-39(27-23-35)49-45-20-9-7-18-41(45)43-31-37(24-28-47(43)49)38-25-29-48-44(32-38)42-19-8-10-21-46(42)50(48)40-17-11-16-36(30-40)34-14-5-2-6-15-34;1-2-11-36-34(9-1)35-10-3-4-12-37(35)42-29-33(19-21-38(36)42)50-45-16-8-6-14-40(45)43-27-30(18-22-46(43)50)31-17-20-41-39-13-5-7-15-44(39)49(47(41)28-31)32-23-25-48-26-24-32/h1-32,42,46H;1-29H. The predicted octanol–water partition coefficient (Wildman–Crippen LogP) is 24.9. The largest absolute Gasteiger partial charge is 0.333 e. The number of aromatic nitrogens is 4. The molecule has 0 radical (unpaired) electrons. The quantitative estimate of drug-likeness (QED) is 0.142. The summed E-state index contributed by atoms with van der Waals surface area (Å²) in [7, 11) is 0. The van der Waals surface area contributed by atoms with Crippen molar-refractivity contribution in [2.75, 3.05) is 4.90 Å². The van der Waals surface area contributed by atoms with Gasteiger partial charge < -0.3 is 18.6 Å². The molecule has 2 aliphatic rings. The van der Waals surface area contributed by atoms with Crippen LogP contribution in [0.15, 0.2) is 370 Å². The highest BCUT2D eigenvalue weighted by molar-refractivity contribution is 6.26. The van der Waals surface area contributed by atoms with Crippen molar-refractivity contribution < 1.29 is 0 Å².